The van der Waals surface area contributed by atoms with Gasteiger partial charge in [0.05, 0.1) is 0 Å². The third-order valence-corrected chi connectivity index (χ3v) is 6.55. The molecule has 0 heterocycles. The Balaban J connectivity index is 1.65. The SMILES string of the molecule is CCCCCCCC(CCCCCC)C1CC2(CC(N)C2)C1. The van der Waals surface area contributed by atoms with Crippen LogP contribution in [0, 0.1) is 17.3 Å². The second-order valence-electron chi connectivity index (χ2n) is 8.65. The first kappa shape index (κ1) is 18.3. The Hall–Kier alpha value is -0.0400. The molecule has 0 bridgehead atoms. The zero-order valence-electron chi connectivity index (χ0n) is 15.4. The topological polar surface area (TPSA) is 26.0 Å². The molecule has 0 radical (unpaired) electrons. The molecule has 0 aliphatic heterocycles. The Labute approximate surface area is 139 Å². The molecule has 1 atom stereocenters. The first-order valence-electron chi connectivity index (χ1n) is 10.4. The van der Waals surface area contributed by atoms with Crippen LogP contribution in [0.3, 0.4) is 0 Å². The van der Waals surface area contributed by atoms with E-state index in [4.69, 9.17) is 5.73 Å². The molecular formula is C21H41N. The Morgan fingerprint density at radius 2 is 1.27 bits per heavy atom. The number of hydrogen-bond acceptors (Lipinski definition) is 1. The minimum Gasteiger partial charge on any atom is -0.328 e. The Morgan fingerprint density at radius 3 is 1.77 bits per heavy atom. The Kier molecular flexibility index (Phi) is 7.74. The van der Waals surface area contributed by atoms with Crippen LogP contribution in [0.4, 0.5) is 0 Å². The number of hydrogen-bond donors (Lipinski definition) is 1. The highest BCUT2D eigenvalue weighted by Crippen LogP contribution is 2.61. The molecule has 1 nitrogen and oxygen atoms in total. The average Bonchev–Trinajstić information content (AvgIpc) is 2.44. The first-order valence-corrected chi connectivity index (χ1v) is 10.4. The highest BCUT2D eigenvalue weighted by Gasteiger charge is 2.52. The molecule has 1 unspecified atom stereocenters. The summed E-state index contributed by atoms with van der Waals surface area (Å²) in [6.45, 7) is 4.63. The summed E-state index contributed by atoms with van der Waals surface area (Å²) in [4.78, 5) is 0. The molecule has 0 aromatic rings. The van der Waals surface area contributed by atoms with Crippen LogP contribution in [0.5, 0.6) is 0 Å². The van der Waals surface area contributed by atoms with Crippen LogP contribution in [0.1, 0.15) is 110 Å². The number of rotatable bonds is 12. The Bertz CT molecular complexity index is 284. The highest BCUT2D eigenvalue weighted by molar-refractivity contribution is 5.05. The van der Waals surface area contributed by atoms with Gasteiger partial charge in [0.25, 0.3) is 0 Å². The lowest BCUT2D eigenvalue weighted by molar-refractivity contribution is -0.0656. The fourth-order valence-corrected chi connectivity index (χ4v) is 5.23. The fraction of sp³-hybridized carbons (Fsp3) is 1.00. The van der Waals surface area contributed by atoms with Crippen molar-refractivity contribution in [2.24, 2.45) is 23.0 Å². The summed E-state index contributed by atoms with van der Waals surface area (Å²) in [6.07, 6.45) is 21.7. The molecule has 0 saturated heterocycles. The van der Waals surface area contributed by atoms with Crippen LogP contribution in [-0.2, 0) is 0 Å². The summed E-state index contributed by atoms with van der Waals surface area (Å²) in [5.74, 6) is 2.10. The van der Waals surface area contributed by atoms with Crippen molar-refractivity contribution in [3.8, 4) is 0 Å². The maximum Gasteiger partial charge on any atom is 0.00494 e. The largest absolute Gasteiger partial charge is 0.328 e. The van der Waals surface area contributed by atoms with Gasteiger partial charge in [-0.3, -0.25) is 0 Å². The van der Waals surface area contributed by atoms with E-state index in [1.54, 1.807) is 0 Å². The third-order valence-electron chi connectivity index (χ3n) is 6.55. The lowest BCUT2D eigenvalue weighted by Crippen LogP contribution is -2.54. The van der Waals surface area contributed by atoms with Gasteiger partial charge >= 0.3 is 0 Å². The molecule has 2 fully saturated rings. The Morgan fingerprint density at radius 1 is 0.773 bits per heavy atom. The van der Waals surface area contributed by atoms with Crippen LogP contribution in [-0.4, -0.2) is 6.04 Å². The fourth-order valence-electron chi connectivity index (χ4n) is 5.23. The lowest BCUT2D eigenvalue weighted by atomic mass is 9.47. The molecule has 1 heteroatoms. The van der Waals surface area contributed by atoms with Gasteiger partial charge in [-0.2, -0.15) is 0 Å². The number of nitrogens with two attached hydrogens (primary N) is 1. The van der Waals surface area contributed by atoms with Crippen molar-refractivity contribution < 1.29 is 0 Å². The maximum absolute atomic E-state index is 6.03. The van der Waals surface area contributed by atoms with Crippen molar-refractivity contribution in [3.05, 3.63) is 0 Å². The van der Waals surface area contributed by atoms with Crippen molar-refractivity contribution in [1.82, 2.24) is 0 Å². The standard InChI is InChI=1S/C21H41N/c1-3-5-7-9-11-13-18(12-10-8-6-4-2)19-14-21(15-19)16-20(22)17-21/h18-20H,3-17,22H2,1-2H3. The molecule has 22 heavy (non-hydrogen) atoms. The molecule has 0 amide bonds. The molecule has 130 valence electrons. The van der Waals surface area contributed by atoms with Crippen LogP contribution in [0.2, 0.25) is 0 Å². The lowest BCUT2D eigenvalue weighted by Gasteiger charge is -2.59. The van der Waals surface area contributed by atoms with E-state index in [0.717, 1.165) is 17.3 Å². The van der Waals surface area contributed by atoms with Gasteiger partial charge < -0.3 is 5.73 Å². The predicted octanol–water partition coefficient (Wildman–Crippen LogP) is 6.45. The van der Waals surface area contributed by atoms with Crippen LogP contribution >= 0.6 is 0 Å². The smallest absolute Gasteiger partial charge is 0.00494 e. The van der Waals surface area contributed by atoms with Gasteiger partial charge in [-0.1, -0.05) is 84.5 Å². The van der Waals surface area contributed by atoms with Crippen molar-refractivity contribution in [2.75, 3.05) is 0 Å². The molecule has 2 aliphatic carbocycles. The van der Waals surface area contributed by atoms with E-state index in [-0.39, 0.29) is 0 Å². The van der Waals surface area contributed by atoms with Gasteiger partial charge in [0.2, 0.25) is 0 Å². The van der Waals surface area contributed by atoms with Gasteiger partial charge in [0.15, 0.2) is 0 Å². The minimum absolute atomic E-state index is 0.540. The van der Waals surface area contributed by atoms with Crippen molar-refractivity contribution >= 4 is 0 Å². The van der Waals surface area contributed by atoms with Gasteiger partial charge in [-0.05, 0) is 42.9 Å². The summed E-state index contributed by atoms with van der Waals surface area (Å²) >= 11 is 0. The van der Waals surface area contributed by atoms with E-state index >= 15 is 0 Å². The molecule has 2 aliphatic rings. The van der Waals surface area contributed by atoms with Gasteiger partial charge in [-0.25, -0.2) is 0 Å². The molecule has 0 aromatic heterocycles. The van der Waals surface area contributed by atoms with E-state index in [2.05, 4.69) is 13.8 Å². The van der Waals surface area contributed by atoms with Crippen LogP contribution in [0.25, 0.3) is 0 Å². The van der Waals surface area contributed by atoms with Gasteiger partial charge in [0.1, 0.15) is 0 Å². The van der Waals surface area contributed by atoms with E-state index in [1.807, 2.05) is 0 Å². The summed E-state index contributed by atoms with van der Waals surface area (Å²) in [6, 6.07) is 0.540. The summed E-state index contributed by atoms with van der Waals surface area (Å²) in [5.41, 5.74) is 6.76. The van der Waals surface area contributed by atoms with E-state index < -0.39 is 0 Å². The molecular weight excluding hydrogens is 266 g/mol. The zero-order chi connectivity index (χ0) is 15.8. The monoisotopic (exact) mass is 307 g/mol. The highest BCUT2D eigenvalue weighted by atomic mass is 14.7. The van der Waals surface area contributed by atoms with Gasteiger partial charge in [-0.15, -0.1) is 0 Å². The predicted molar refractivity (Wildman–Crippen MR) is 98.0 cm³/mol. The van der Waals surface area contributed by atoms with Gasteiger partial charge in [0, 0.05) is 6.04 Å². The molecule has 2 rings (SSSR count). The van der Waals surface area contributed by atoms with E-state index in [9.17, 15) is 0 Å². The molecule has 0 aromatic carbocycles. The summed E-state index contributed by atoms with van der Waals surface area (Å²) in [5, 5.41) is 0. The van der Waals surface area contributed by atoms with Crippen molar-refractivity contribution in [3.63, 3.8) is 0 Å². The first-order chi connectivity index (χ1) is 10.7. The molecule has 1 spiro atoms. The van der Waals surface area contributed by atoms with E-state index in [0.29, 0.717) is 6.04 Å². The van der Waals surface area contributed by atoms with E-state index in [1.165, 1.54) is 96.3 Å². The maximum atomic E-state index is 6.03. The quantitative estimate of drug-likeness (QED) is 0.412. The summed E-state index contributed by atoms with van der Waals surface area (Å²) in [7, 11) is 0. The molecule has 2 saturated carbocycles. The second kappa shape index (κ2) is 9.30. The third kappa shape index (κ3) is 5.25. The van der Waals surface area contributed by atoms with Crippen LogP contribution < -0.4 is 5.73 Å². The molecule has 2 N–H and O–H groups in total. The van der Waals surface area contributed by atoms with Crippen molar-refractivity contribution in [1.29, 1.82) is 0 Å². The summed E-state index contributed by atoms with van der Waals surface area (Å²) < 4.78 is 0. The number of unbranched alkanes of at least 4 members (excludes halogenated alkanes) is 7. The minimum atomic E-state index is 0.540. The average molecular weight is 308 g/mol. The zero-order valence-corrected chi connectivity index (χ0v) is 15.4. The van der Waals surface area contributed by atoms with Crippen molar-refractivity contribution in [2.45, 2.75) is 116 Å². The van der Waals surface area contributed by atoms with Crippen LogP contribution in [0.15, 0.2) is 0 Å². The second-order valence-corrected chi connectivity index (χ2v) is 8.65. The normalized spacial score (nSPS) is 31.8.